The molecule has 0 amide bonds. The topological polar surface area (TPSA) is 139 Å². The monoisotopic (exact) mass is 468 g/mol. The number of H-pyrrole nitrogens is 2. The number of nitrogens with zero attached hydrogens (tertiary/aromatic N) is 6. The van der Waals surface area contributed by atoms with Gasteiger partial charge in [0.2, 0.25) is 5.95 Å². The van der Waals surface area contributed by atoms with Gasteiger partial charge in [0.25, 0.3) is 0 Å². The Morgan fingerprint density at radius 3 is 2.43 bits per heavy atom. The number of anilines is 1. The van der Waals surface area contributed by atoms with Gasteiger partial charge >= 0.3 is 0 Å². The summed E-state index contributed by atoms with van der Waals surface area (Å²) in [4.78, 5) is 21.2. The highest BCUT2D eigenvalue weighted by Gasteiger charge is 2.26. The molecule has 1 aromatic carbocycles. The molecule has 178 valence electrons. The van der Waals surface area contributed by atoms with Gasteiger partial charge in [-0.25, -0.2) is 15.0 Å². The second-order valence-corrected chi connectivity index (χ2v) is 8.69. The average Bonchev–Trinajstić information content (AvgIpc) is 3.61. The molecule has 1 aliphatic heterocycles. The molecule has 10 nitrogen and oxygen atoms in total. The molecule has 4 aromatic rings. The molecule has 0 spiro atoms. The van der Waals surface area contributed by atoms with Crippen LogP contribution in [0.3, 0.4) is 0 Å². The van der Waals surface area contributed by atoms with Crippen LogP contribution in [0.25, 0.3) is 11.1 Å². The predicted octanol–water partition coefficient (Wildman–Crippen LogP) is 2.59. The SMILES string of the molecule is C[C@](N)(c1ccccc1)c1cnc(N2CCN(/C(=N/C=N)c3cc(-c4cn[nH]c4)c[nH]3)CC2)nc1. The highest BCUT2D eigenvalue weighted by atomic mass is 15.3. The lowest BCUT2D eigenvalue weighted by Gasteiger charge is -2.36. The zero-order valence-electron chi connectivity index (χ0n) is 19.5. The summed E-state index contributed by atoms with van der Waals surface area (Å²) in [5, 5.41) is 14.4. The van der Waals surface area contributed by atoms with Crippen molar-refractivity contribution in [3.8, 4) is 11.1 Å². The molecule has 10 heteroatoms. The van der Waals surface area contributed by atoms with Gasteiger partial charge < -0.3 is 20.5 Å². The van der Waals surface area contributed by atoms with Crippen LogP contribution in [0, 0.1) is 5.41 Å². The Balaban J connectivity index is 1.26. The van der Waals surface area contributed by atoms with Crippen LogP contribution in [0.15, 0.2) is 72.4 Å². The number of aliphatic imine (C=N–C) groups is 1. The second kappa shape index (κ2) is 9.51. The van der Waals surface area contributed by atoms with Crippen molar-refractivity contribution >= 4 is 18.1 Å². The third-order valence-corrected chi connectivity index (χ3v) is 6.42. The van der Waals surface area contributed by atoms with Crippen molar-refractivity contribution in [3.05, 3.63) is 84.2 Å². The van der Waals surface area contributed by atoms with Gasteiger partial charge in [0.05, 0.1) is 17.4 Å². The lowest BCUT2D eigenvalue weighted by Crippen LogP contribution is -2.49. The van der Waals surface area contributed by atoms with Crippen molar-refractivity contribution in [2.45, 2.75) is 12.5 Å². The minimum absolute atomic E-state index is 0.665. The van der Waals surface area contributed by atoms with Crippen LogP contribution in [0.2, 0.25) is 0 Å². The first-order valence-corrected chi connectivity index (χ1v) is 11.5. The van der Waals surface area contributed by atoms with Crippen LogP contribution < -0.4 is 10.6 Å². The molecule has 5 N–H and O–H groups in total. The van der Waals surface area contributed by atoms with Crippen molar-refractivity contribution in [1.82, 2.24) is 30.0 Å². The number of nitrogens with two attached hydrogens (primary N) is 1. The Bertz CT molecular complexity index is 1280. The van der Waals surface area contributed by atoms with E-state index in [0.29, 0.717) is 5.95 Å². The molecule has 1 aliphatic rings. The van der Waals surface area contributed by atoms with Crippen LogP contribution in [-0.2, 0) is 5.54 Å². The van der Waals surface area contributed by atoms with E-state index in [2.05, 4.69) is 39.9 Å². The molecule has 1 atom stereocenters. The lowest BCUT2D eigenvalue weighted by atomic mass is 9.87. The van der Waals surface area contributed by atoms with Gasteiger partial charge in [-0.05, 0) is 18.6 Å². The van der Waals surface area contributed by atoms with Crippen molar-refractivity contribution in [1.29, 1.82) is 5.41 Å². The highest BCUT2D eigenvalue weighted by molar-refractivity contribution is 6.01. The fraction of sp³-hybridized carbons (Fsp3) is 0.240. The molecular formula is C25H28N10. The van der Waals surface area contributed by atoms with E-state index < -0.39 is 5.54 Å². The third kappa shape index (κ3) is 4.56. The van der Waals surface area contributed by atoms with E-state index in [-0.39, 0.29) is 0 Å². The first kappa shape index (κ1) is 22.5. The lowest BCUT2D eigenvalue weighted by molar-refractivity contribution is 0.383. The number of nitrogens with one attached hydrogen (secondary N) is 3. The molecule has 0 aliphatic carbocycles. The average molecular weight is 469 g/mol. The van der Waals surface area contributed by atoms with E-state index >= 15 is 0 Å². The van der Waals surface area contributed by atoms with Gasteiger partial charge in [-0.1, -0.05) is 30.3 Å². The standard InChI is InChI=1S/C25H28N10/c1-25(27,20-5-3-2-4-6-20)21-15-29-24(30-16-21)35-9-7-34(8-10-35)23(31-17-26)22-11-18(12-28-22)19-13-32-33-14-19/h2-6,11-17,26,28H,7-10,27H2,1H3,(H,32,33)/b26-17?,31-23+/t25-/m0/s1. The van der Waals surface area contributed by atoms with Crippen LogP contribution >= 0.6 is 0 Å². The molecule has 35 heavy (non-hydrogen) atoms. The van der Waals surface area contributed by atoms with Gasteiger partial charge in [0, 0.05) is 67.7 Å². The first-order chi connectivity index (χ1) is 17.1. The largest absolute Gasteiger partial charge is 0.358 e. The first-order valence-electron chi connectivity index (χ1n) is 11.5. The van der Waals surface area contributed by atoms with E-state index in [4.69, 9.17) is 11.1 Å². The van der Waals surface area contributed by atoms with Crippen molar-refractivity contribution in [2.24, 2.45) is 10.7 Å². The summed E-state index contributed by atoms with van der Waals surface area (Å²) in [7, 11) is 0. The van der Waals surface area contributed by atoms with Gasteiger partial charge in [0.15, 0.2) is 5.84 Å². The molecule has 3 aromatic heterocycles. The zero-order valence-corrected chi connectivity index (χ0v) is 19.5. The number of hydrogen-bond donors (Lipinski definition) is 4. The number of aromatic nitrogens is 5. The fourth-order valence-electron chi connectivity index (χ4n) is 4.30. The molecule has 0 bridgehead atoms. The Morgan fingerprint density at radius 2 is 1.77 bits per heavy atom. The van der Waals surface area contributed by atoms with E-state index in [1.54, 1.807) is 6.20 Å². The number of rotatable bonds is 6. The van der Waals surface area contributed by atoms with Gasteiger partial charge in [-0.3, -0.25) is 10.5 Å². The molecule has 5 rings (SSSR count). The van der Waals surface area contributed by atoms with E-state index in [1.165, 1.54) is 0 Å². The van der Waals surface area contributed by atoms with Crippen LogP contribution in [-0.4, -0.2) is 68.4 Å². The fourth-order valence-corrected chi connectivity index (χ4v) is 4.30. The van der Waals surface area contributed by atoms with Crippen LogP contribution in [0.5, 0.6) is 0 Å². The summed E-state index contributed by atoms with van der Waals surface area (Å²) in [6, 6.07) is 12.0. The quantitative estimate of drug-likeness (QED) is 0.253. The maximum absolute atomic E-state index is 7.55. The summed E-state index contributed by atoms with van der Waals surface area (Å²) in [5.74, 6) is 1.43. The summed E-state index contributed by atoms with van der Waals surface area (Å²) in [6.07, 6.45) is 10.3. The molecular weight excluding hydrogens is 440 g/mol. The molecule has 4 heterocycles. The van der Waals surface area contributed by atoms with E-state index in [0.717, 1.165) is 66.3 Å². The summed E-state index contributed by atoms with van der Waals surface area (Å²) < 4.78 is 0. The summed E-state index contributed by atoms with van der Waals surface area (Å²) in [6.45, 7) is 4.92. The van der Waals surface area contributed by atoms with Crippen molar-refractivity contribution < 1.29 is 0 Å². The number of amidine groups is 1. The Kier molecular flexibility index (Phi) is 6.11. The number of aromatic amines is 2. The van der Waals surface area contributed by atoms with Gasteiger partial charge in [-0.15, -0.1) is 0 Å². The molecule has 0 unspecified atom stereocenters. The smallest absolute Gasteiger partial charge is 0.225 e. The Hall–Kier alpha value is -4.31. The zero-order chi connectivity index (χ0) is 24.3. The van der Waals surface area contributed by atoms with E-state index in [9.17, 15) is 0 Å². The maximum Gasteiger partial charge on any atom is 0.225 e. The Labute approximate surface area is 203 Å². The minimum atomic E-state index is -0.665. The number of piperazine rings is 1. The minimum Gasteiger partial charge on any atom is -0.358 e. The van der Waals surface area contributed by atoms with Crippen molar-refractivity contribution in [2.75, 3.05) is 31.1 Å². The highest BCUT2D eigenvalue weighted by Crippen LogP contribution is 2.26. The molecule has 0 saturated carbocycles. The van der Waals surface area contributed by atoms with Gasteiger partial charge in [0.1, 0.15) is 6.34 Å². The normalized spacial score (nSPS) is 16.2. The summed E-state index contributed by atoms with van der Waals surface area (Å²) in [5.41, 5.74) is 10.7. The summed E-state index contributed by atoms with van der Waals surface area (Å²) >= 11 is 0. The number of benzene rings is 1. The maximum atomic E-state index is 7.55. The van der Waals surface area contributed by atoms with Crippen molar-refractivity contribution in [3.63, 3.8) is 0 Å². The molecule has 1 saturated heterocycles. The third-order valence-electron chi connectivity index (χ3n) is 6.42. The van der Waals surface area contributed by atoms with E-state index in [1.807, 2.05) is 68.1 Å². The Morgan fingerprint density at radius 1 is 1.03 bits per heavy atom. The number of hydrogen-bond acceptors (Lipinski definition) is 6. The predicted molar refractivity (Wildman–Crippen MR) is 137 cm³/mol. The van der Waals surface area contributed by atoms with Gasteiger partial charge in [-0.2, -0.15) is 5.10 Å². The van der Waals surface area contributed by atoms with Crippen LogP contribution in [0.4, 0.5) is 5.95 Å². The second-order valence-electron chi connectivity index (χ2n) is 8.69. The molecule has 1 fully saturated rings. The van der Waals surface area contributed by atoms with Crippen LogP contribution in [0.1, 0.15) is 23.7 Å². The molecule has 0 radical (unpaired) electrons.